The molecule has 31 heavy (non-hydrogen) atoms. The highest BCUT2D eigenvalue weighted by Crippen LogP contribution is 2.30. The third-order valence-electron chi connectivity index (χ3n) is 5.68. The van der Waals surface area contributed by atoms with Crippen LogP contribution >= 0.6 is 0 Å². The standard InChI is InChI=1S/C24H26N4O3/c1-15-8-10-19(11-9-15)28-17(3)23(16(2)26-28)25-24(30)18-12-22(29)27(14-18)20-6-5-7-21(13-20)31-4/h5-11,13,18H,12,14H2,1-4H3,(H,25,30)/t18-/m0/s1. The highest BCUT2D eigenvalue weighted by molar-refractivity contribution is 6.03. The summed E-state index contributed by atoms with van der Waals surface area (Å²) < 4.78 is 7.07. The van der Waals surface area contributed by atoms with Crippen molar-refractivity contribution in [3.63, 3.8) is 0 Å². The molecule has 160 valence electrons. The van der Waals surface area contributed by atoms with E-state index >= 15 is 0 Å². The lowest BCUT2D eigenvalue weighted by atomic mass is 10.1. The molecule has 2 amide bonds. The molecule has 1 fully saturated rings. The Labute approximate surface area is 181 Å². The molecule has 2 aromatic carbocycles. The molecule has 0 unspecified atom stereocenters. The van der Waals surface area contributed by atoms with E-state index in [1.807, 2.05) is 67.9 Å². The third-order valence-corrected chi connectivity index (χ3v) is 5.68. The predicted molar refractivity (Wildman–Crippen MR) is 120 cm³/mol. The minimum absolute atomic E-state index is 0.0720. The Balaban J connectivity index is 1.51. The van der Waals surface area contributed by atoms with E-state index < -0.39 is 5.92 Å². The summed E-state index contributed by atoms with van der Waals surface area (Å²) in [6, 6.07) is 15.4. The van der Waals surface area contributed by atoms with Crippen LogP contribution < -0.4 is 15.0 Å². The second-order valence-electron chi connectivity index (χ2n) is 7.89. The molecule has 1 aromatic heterocycles. The molecular formula is C24H26N4O3. The molecule has 7 heteroatoms. The van der Waals surface area contributed by atoms with Crippen molar-refractivity contribution in [1.82, 2.24) is 9.78 Å². The molecule has 1 aliphatic heterocycles. The number of hydrogen-bond acceptors (Lipinski definition) is 4. The SMILES string of the molecule is COc1cccc(N2C[C@@H](C(=O)Nc3c(C)nn(-c4ccc(C)cc4)c3C)CC2=O)c1. The number of amides is 2. The highest BCUT2D eigenvalue weighted by atomic mass is 16.5. The van der Waals surface area contributed by atoms with E-state index in [1.165, 1.54) is 5.56 Å². The summed E-state index contributed by atoms with van der Waals surface area (Å²) in [5.74, 6) is -0.00111. The number of anilines is 2. The van der Waals surface area contributed by atoms with Crippen LogP contribution in [0.1, 0.15) is 23.4 Å². The Bertz CT molecular complexity index is 1130. The first-order chi connectivity index (χ1) is 14.9. The maximum Gasteiger partial charge on any atom is 0.229 e. The summed E-state index contributed by atoms with van der Waals surface area (Å²) in [5.41, 5.74) is 5.12. The average Bonchev–Trinajstić information content (AvgIpc) is 3.29. The number of carbonyl (C=O) groups excluding carboxylic acids is 2. The molecule has 0 radical (unpaired) electrons. The van der Waals surface area contributed by atoms with Gasteiger partial charge in [-0.3, -0.25) is 9.59 Å². The maximum absolute atomic E-state index is 13.0. The van der Waals surface area contributed by atoms with Crippen LogP contribution in [0.5, 0.6) is 5.75 Å². The zero-order valence-electron chi connectivity index (χ0n) is 18.2. The van der Waals surface area contributed by atoms with E-state index in [4.69, 9.17) is 4.74 Å². The van der Waals surface area contributed by atoms with Gasteiger partial charge in [-0.1, -0.05) is 23.8 Å². The van der Waals surface area contributed by atoms with Crippen LogP contribution in [-0.4, -0.2) is 35.2 Å². The van der Waals surface area contributed by atoms with Crippen molar-refractivity contribution in [3.8, 4) is 11.4 Å². The van der Waals surface area contributed by atoms with Crippen molar-refractivity contribution < 1.29 is 14.3 Å². The molecule has 0 aliphatic carbocycles. The number of ether oxygens (including phenoxy) is 1. The van der Waals surface area contributed by atoms with E-state index in [9.17, 15) is 9.59 Å². The van der Waals surface area contributed by atoms with Crippen LogP contribution in [0, 0.1) is 26.7 Å². The van der Waals surface area contributed by atoms with Gasteiger partial charge in [0.25, 0.3) is 0 Å². The van der Waals surface area contributed by atoms with Gasteiger partial charge in [-0.2, -0.15) is 5.10 Å². The fraction of sp³-hybridized carbons (Fsp3) is 0.292. The van der Waals surface area contributed by atoms with Crippen molar-refractivity contribution in [2.45, 2.75) is 27.2 Å². The van der Waals surface area contributed by atoms with E-state index in [0.29, 0.717) is 18.0 Å². The lowest BCUT2D eigenvalue weighted by molar-refractivity contribution is -0.122. The van der Waals surface area contributed by atoms with Gasteiger partial charge in [-0.05, 0) is 45.0 Å². The summed E-state index contributed by atoms with van der Waals surface area (Å²) in [5, 5.41) is 7.61. The average molecular weight is 418 g/mol. The first kappa shape index (κ1) is 20.7. The number of nitrogens with zero attached hydrogens (tertiary/aromatic N) is 3. The van der Waals surface area contributed by atoms with Crippen LogP contribution in [0.4, 0.5) is 11.4 Å². The van der Waals surface area contributed by atoms with Crippen LogP contribution in [-0.2, 0) is 9.59 Å². The number of hydrogen-bond donors (Lipinski definition) is 1. The largest absolute Gasteiger partial charge is 0.497 e. The van der Waals surface area contributed by atoms with Crippen molar-refractivity contribution in [3.05, 3.63) is 65.5 Å². The number of rotatable bonds is 5. The molecule has 1 atom stereocenters. The van der Waals surface area contributed by atoms with Gasteiger partial charge in [0.15, 0.2) is 0 Å². The van der Waals surface area contributed by atoms with Gasteiger partial charge >= 0.3 is 0 Å². The molecule has 0 bridgehead atoms. The van der Waals surface area contributed by atoms with E-state index in [-0.39, 0.29) is 18.2 Å². The third kappa shape index (κ3) is 4.03. The molecule has 4 rings (SSSR count). The number of carbonyl (C=O) groups is 2. The van der Waals surface area contributed by atoms with Gasteiger partial charge in [0.05, 0.1) is 35.8 Å². The zero-order chi connectivity index (χ0) is 22.1. The van der Waals surface area contributed by atoms with Crippen molar-refractivity contribution in [1.29, 1.82) is 0 Å². The summed E-state index contributed by atoms with van der Waals surface area (Å²) in [6.07, 6.45) is 0.174. The second kappa shape index (κ2) is 8.26. The molecular weight excluding hydrogens is 392 g/mol. The van der Waals surface area contributed by atoms with Gasteiger partial charge in [0.2, 0.25) is 11.8 Å². The molecule has 0 spiro atoms. The minimum atomic E-state index is -0.430. The van der Waals surface area contributed by atoms with E-state index in [2.05, 4.69) is 10.4 Å². The van der Waals surface area contributed by atoms with Gasteiger partial charge in [-0.25, -0.2) is 4.68 Å². The number of nitrogens with one attached hydrogen (secondary N) is 1. The first-order valence-corrected chi connectivity index (χ1v) is 10.3. The zero-order valence-corrected chi connectivity index (χ0v) is 18.2. The summed E-state index contributed by atoms with van der Waals surface area (Å²) in [7, 11) is 1.59. The lowest BCUT2D eigenvalue weighted by Gasteiger charge is -2.17. The fourth-order valence-electron chi connectivity index (χ4n) is 3.90. The number of aromatic nitrogens is 2. The van der Waals surface area contributed by atoms with Crippen molar-refractivity contribution >= 4 is 23.2 Å². The smallest absolute Gasteiger partial charge is 0.229 e. The van der Waals surface area contributed by atoms with Gasteiger partial charge in [-0.15, -0.1) is 0 Å². The number of benzene rings is 2. The Morgan fingerprint density at radius 1 is 1.10 bits per heavy atom. The first-order valence-electron chi connectivity index (χ1n) is 10.3. The van der Waals surface area contributed by atoms with Crippen LogP contribution in [0.25, 0.3) is 5.69 Å². The lowest BCUT2D eigenvalue weighted by Crippen LogP contribution is -2.28. The van der Waals surface area contributed by atoms with Gasteiger partial charge in [0, 0.05) is 24.7 Å². The molecule has 1 N–H and O–H groups in total. The molecule has 1 saturated heterocycles. The molecule has 2 heterocycles. The molecule has 3 aromatic rings. The maximum atomic E-state index is 13.0. The topological polar surface area (TPSA) is 76.5 Å². The van der Waals surface area contributed by atoms with Crippen LogP contribution in [0.15, 0.2) is 48.5 Å². The molecule has 7 nitrogen and oxygen atoms in total. The predicted octanol–water partition coefficient (Wildman–Crippen LogP) is 3.80. The van der Waals surface area contributed by atoms with Crippen LogP contribution in [0.2, 0.25) is 0 Å². The Morgan fingerprint density at radius 2 is 1.84 bits per heavy atom. The van der Waals surface area contributed by atoms with Crippen molar-refractivity contribution in [2.75, 3.05) is 23.9 Å². The highest BCUT2D eigenvalue weighted by Gasteiger charge is 2.35. The van der Waals surface area contributed by atoms with E-state index in [1.54, 1.807) is 18.1 Å². The van der Waals surface area contributed by atoms with Crippen LogP contribution in [0.3, 0.4) is 0 Å². The fourth-order valence-corrected chi connectivity index (χ4v) is 3.90. The van der Waals surface area contributed by atoms with Crippen molar-refractivity contribution in [2.24, 2.45) is 5.92 Å². The second-order valence-corrected chi connectivity index (χ2v) is 7.89. The molecule has 0 saturated carbocycles. The quantitative estimate of drug-likeness (QED) is 0.684. The number of aryl methyl sites for hydroxylation is 2. The summed E-state index contributed by atoms with van der Waals surface area (Å²) in [6.45, 7) is 6.17. The summed E-state index contributed by atoms with van der Waals surface area (Å²) >= 11 is 0. The number of methoxy groups -OCH3 is 1. The normalized spacial score (nSPS) is 15.9. The van der Waals surface area contributed by atoms with E-state index in [0.717, 1.165) is 22.8 Å². The molecule has 1 aliphatic rings. The summed E-state index contributed by atoms with van der Waals surface area (Å²) in [4.78, 5) is 27.2. The van der Waals surface area contributed by atoms with Gasteiger partial charge < -0.3 is 15.0 Å². The van der Waals surface area contributed by atoms with Gasteiger partial charge in [0.1, 0.15) is 5.75 Å². The Hall–Kier alpha value is -3.61. The Kier molecular flexibility index (Phi) is 5.50. The minimum Gasteiger partial charge on any atom is -0.497 e. The monoisotopic (exact) mass is 418 g/mol. The Morgan fingerprint density at radius 3 is 2.55 bits per heavy atom.